The van der Waals surface area contributed by atoms with Crippen molar-refractivity contribution in [3.8, 4) is 0 Å². The molecule has 1 saturated carbocycles. The molecule has 1 fully saturated rings. The van der Waals surface area contributed by atoms with Crippen molar-refractivity contribution in [1.29, 1.82) is 0 Å². The number of nitrogens with two attached hydrogens (primary N) is 1. The van der Waals surface area contributed by atoms with Gasteiger partial charge in [-0.1, -0.05) is 12.8 Å². The maximum atomic E-state index is 11.6. The first-order chi connectivity index (χ1) is 7.37. The molecular formula is C12H24N2O2. The molecular weight excluding hydrogens is 204 g/mol. The van der Waals surface area contributed by atoms with Gasteiger partial charge in [0.05, 0.1) is 0 Å². The average molecular weight is 228 g/mol. The zero-order valence-corrected chi connectivity index (χ0v) is 10.6. The minimum absolute atomic E-state index is 0.173. The van der Waals surface area contributed by atoms with Gasteiger partial charge < -0.3 is 15.8 Å². The van der Waals surface area contributed by atoms with E-state index in [0.29, 0.717) is 0 Å². The van der Waals surface area contributed by atoms with Crippen LogP contribution < -0.4 is 11.1 Å². The molecule has 1 aliphatic rings. The Morgan fingerprint density at radius 2 is 1.94 bits per heavy atom. The predicted octanol–water partition coefficient (Wildman–Crippen LogP) is 2.17. The second-order valence-corrected chi connectivity index (χ2v) is 5.62. The van der Waals surface area contributed by atoms with Crippen molar-refractivity contribution in [3.05, 3.63) is 0 Å². The lowest BCUT2D eigenvalue weighted by Gasteiger charge is -2.23. The minimum Gasteiger partial charge on any atom is -0.444 e. The van der Waals surface area contributed by atoms with Gasteiger partial charge in [0.2, 0.25) is 0 Å². The standard InChI is InChI=1S/C12H24N2O2/c1-12(2,3)16-11(15)14-10-7-5-4-6-9(13)8-10/h9-10H,4-8,13H2,1-3H3,(H,14,15)/t9-,10+/m0/s1. The van der Waals surface area contributed by atoms with Gasteiger partial charge in [-0.15, -0.1) is 0 Å². The summed E-state index contributed by atoms with van der Waals surface area (Å²) in [6.07, 6.45) is 4.90. The van der Waals surface area contributed by atoms with Gasteiger partial charge in [-0.25, -0.2) is 4.79 Å². The third-order valence-electron chi connectivity index (χ3n) is 2.69. The van der Waals surface area contributed by atoms with E-state index in [2.05, 4.69) is 5.32 Å². The van der Waals surface area contributed by atoms with E-state index in [1.54, 1.807) is 0 Å². The van der Waals surface area contributed by atoms with Crippen LogP contribution in [0.25, 0.3) is 0 Å². The van der Waals surface area contributed by atoms with Crippen LogP contribution in [-0.2, 0) is 4.74 Å². The van der Waals surface area contributed by atoms with E-state index in [9.17, 15) is 4.79 Å². The highest BCUT2D eigenvalue weighted by molar-refractivity contribution is 5.68. The highest BCUT2D eigenvalue weighted by Crippen LogP contribution is 2.17. The third kappa shape index (κ3) is 5.35. The average Bonchev–Trinajstić information content (AvgIpc) is 2.26. The second-order valence-electron chi connectivity index (χ2n) is 5.62. The third-order valence-corrected chi connectivity index (χ3v) is 2.69. The SMILES string of the molecule is CC(C)(C)OC(=O)N[C@@H]1CCCC[C@H](N)C1. The molecule has 16 heavy (non-hydrogen) atoms. The van der Waals surface area contributed by atoms with Crippen molar-refractivity contribution in [2.24, 2.45) is 5.73 Å². The summed E-state index contributed by atoms with van der Waals surface area (Å²) in [5.41, 5.74) is 5.50. The largest absolute Gasteiger partial charge is 0.444 e. The molecule has 4 heteroatoms. The molecule has 0 unspecified atom stereocenters. The fourth-order valence-corrected chi connectivity index (χ4v) is 2.00. The smallest absolute Gasteiger partial charge is 0.407 e. The van der Waals surface area contributed by atoms with Crippen LogP contribution in [-0.4, -0.2) is 23.8 Å². The number of alkyl carbamates (subject to hydrolysis) is 1. The Balaban J connectivity index is 2.37. The van der Waals surface area contributed by atoms with Crippen LogP contribution in [0.3, 0.4) is 0 Å². The molecule has 1 amide bonds. The van der Waals surface area contributed by atoms with Crippen LogP contribution in [0.15, 0.2) is 0 Å². The summed E-state index contributed by atoms with van der Waals surface area (Å²) in [4.78, 5) is 11.6. The summed E-state index contributed by atoms with van der Waals surface area (Å²) in [6, 6.07) is 0.384. The van der Waals surface area contributed by atoms with E-state index in [0.717, 1.165) is 32.1 Å². The van der Waals surface area contributed by atoms with Gasteiger partial charge in [0, 0.05) is 12.1 Å². The van der Waals surface area contributed by atoms with E-state index < -0.39 is 5.60 Å². The number of carbonyl (C=O) groups excluding carboxylic acids is 1. The van der Waals surface area contributed by atoms with Crippen LogP contribution >= 0.6 is 0 Å². The molecule has 1 aliphatic carbocycles. The molecule has 94 valence electrons. The van der Waals surface area contributed by atoms with Crippen LogP contribution in [0.5, 0.6) is 0 Å². The molecule has 0 aliphatic heterocycles. The summed E-state index contributed by atoms with van der Waals surface area (Å²) in [5, 5.41) is 2.90. The lowest BCUT2D eigenvalue weighted by Crippen LogP contribution is -2.41. The molecule has 2 atom stereocenters. The lowest BCUT2D eigenvalue weighted by molar-refractivity contribution is 0.0499. The fourth-order valence-electron chi connectivity index (χ4n) is 2.00. The van der Waals surface area contributed by atoms with Gasteiger partial charge in [0.15, 0.2) is 0 Å². The highest BCUT2D eigenvalue weighted by Gasteiger charge is 2.22. The summed E-state index contributed by atoms with van der Waals surface area (Å²) >= 11 is 0. The predicted molar refractivity (Wildman–Crippen MR) is 64.2 cm³/mol. The molecule has 3 N–H and O–H groups in total. The number of rotatable bonds is 1. The van der Waals surface area contributed by atoms with E-state index >= 15 is 0 Å². The van der Waals surface area contributed by atoms with Crippen molar-refractivity contribution in [2.75, 3.05) is 0 Å². The van der Waals surface area contributed by atoms with E-state index in [1.807, 2.05) is 20.8 Å². The minimum atomic E-state index is -0.434. The lowest BCUT2D eigenvalue weighted by atomic mass is 10.1. The Labute approximate surface area is 97.9 Å². The highest BCUT2D eigenvalue weighted by atomic mass is 16.6. The second kappa shape index (κ2) is 5.53. The monoisotopic (exact) mass is 228 g/mol. The summed E-state index contributed by atoms with van der Waals surface area (Å²) < 4.78 is 5.23. The molecule has 1 rings (SSSR count). The van der Waals surface area contributed by atoms with Crippen molar-refractivity contribution < 1.29 is 9.53 Å². The van der Waals surface area contributed by atoms with Gasteiger partial charge in [0.1, 0.15) is 5.60 Å². The van der Waals surface area contributed by atoms with Gasteiger partial charge >= 0.3 is 6.09 Å². The molecule has 0 aromatic rings. The topological polar surface area (TPSA) is 64.3 Å². The zero-order chi connectivity index (χ0) is 12.2. The number of hydrogen-bond donors (Lipinski definition) is 2. The first-order valence-electron chi connectivity index (χ1n) is 6.12. The van der Waals surface area contributed by atoms with E-state index in [1.165, 1.54) is 0 Å². The first-order valence-corrected chi connectivity index (χ1v) is 6.12. The molecule has 4 nitrogen and oxygen atoms in total. The van der Waals surface area contributed by atoms with Crippen molar-refractivity contribution in [2.45, 2.75) is 70.6 Å². The van der Waals surface area contributed by atoms with E-state index in [-0.39, 0.29) is 18.2 Å². The number of hydrogen-bond acceptors (Lipinski definition) is 3. The molecule has 0 radical (unpaired) electrons. The number of carbonyl (C=O) groups is 1. The molecule has 0 bridgehead atoms. The van der Waals surface area contributed by atoms with Gasteiger partial charge in [-0.2, -0.15) is 0 Å². The van der Waals surface area contributed by atoms with Crippen LogP contribution in [0.1, 0.15) is 52.9 Å². The van der Waals surface area contributed by atoms with Crippen molar-refractivity contribution in [3.63, 3.8) is 0 Å². The van der Waals surface area contributed by atoms with Crippen molar-refractivity contribution >= 4 is 6.09 Å². The van der Waals surface area contributed by atoms with Gasteiger partial charge in [-0.3, -0.25) is 0 Å². The van der Waals surface area contributed by atoms with Crippen LogP contribution in [0.4, 0.5) is 4.79 Å². The number of nitrogens with one attached hydrogen (secondary N) is 1. The molecule has 0 spiro atoms. The summed E-state index contributed by atoms with van der Waals surface area (Å²) in [5.74, 6) is 0. The Morgan fingerprint density at radius 3 is 2.56 bits per heavy atom. The van der Waals surface area contributed by atoms with Crippen molar-refractivity contribution in [1.82, 2.24) is 5.32 Å². The Morgan fingerprint density at radius 1 is 1.31 bits per heavy atom. The molecule has 0 saturated heterocycles. The summed E-state index contributed by atoms with van der Waals surface area (Å²) in [7, 11) is 0. The molecule has 0 aromatic carbocycles. The Bertz CT molecular complexity index is 236. The number of amides is 1. The normalized spacial score (nSPS) is 27.0. The van der Waals surface area contributed by atoms with E-state index in [4.69, 9.17) is 10.5 Å². The fraction of sp³-hybridized carbons (Fsp3) is 0.917. The Kier molecular flexibility index (Phi) is 4.59. The maximum Gasteiger partial charge on any atom is 0.407 e. The van der Waals surface area contributed by atoms with Crippen LogP contribution in [0, 0.1) is 0 Å². The number of ether oxygens (including phenoxy) is 1. The maximum absolute atomic E-state index is 11.6. The van der Waals surface area contributed by atoms with Gasteiger partial charge in [0.25, 0.3) is 0 Å². The quantitative estimate of drug-likeness (QED) is 0.676. The molecule has 0 heterocycles. The summed E-state index contributed by atoms with van der Waals surface area (Å²) in [6.45, 7) is 5.60. The zero-order valence-electron chi connectivity index (χ0n) is 10.6. The first kappa shape index (κ1) is 13.3. The van der Waals surface area contributed by atoms with Crippen LogP contribution in [0.2, 0.25) is 0 Å². The molecule has 0 aromatic heterocycles. The Hall–Kier alpha value is -0.770. The van der Waals surface area contributed by atoms with Gasteiger partial charge in [-0.05, 0) is 40.0 Å².